The third kappa shape index (κ3) is 3.84. The van der Waals surface area contributed by atoms with Crippen LogP contribution in [0.3, 0.4) is 0 Å². The Labute approximate surface area is 216 Å². The number of nitrogens with zero attached hydrogens (tertiary/aromatic N) is 4. The van der Waals surface area contributed by atoms with Gasteiger partial charge in [0, 0.05) is 41.9 Å². The fourth-order valence-electron chi connectivity index (χ4n) is 5.46. The molecule has 0 aliphatic carbocycles. The Balaban J connectivity index is 1.50. The van der Waals surface area contributed by atoms with E-state index in [-0.39, 0.29) is 12.1 Å². The van der Waals surface area contributed by atoms with Gasteiger partial charge in [-0.05, 0) is 72.9 Å². The van der Waals surface area contributed by atoms with E-state index >= 15 is 0 Å². The lowest BCUT2D eigenvalue weighted by Gasteiger charge is -2.28. The number of hydrogen-bond donors (Lipinski definition) is 1. The third-order valence-electron chi connectivity index (χ3n) is 7.07. The molecule has 0 unspecified atom stereocenters. The highest BCUT2D eigenvalue weighted by Gasteiger charge is 2.41. The highest BCUT2D eigenvalue weighted by molar-refractivity contribution is 7.80. The molecule has 0 spiro atoms. The van der Waals surface area contributed by atoms with Crippen LogP contribution in [0.15, 0.2) is 97.5 Å². The first-order chi connectivity index (χ1) is 17.6. The van der Waals surface area contributed by atoms with Crippen LogP contribution < -0.4 is 5.32 Å². The molecule has 6 rings (SSSR count). The summed E-state index contributed by atoms with van der Waals surface area (Å²) in [5.41, 5.74) is 6.93. The van der Waals surface area contributed by atoms with E-state index in [0.717, 1.165) is 16.4 Å². The fraction of sp³-hybridized carbons (Fsp3) is 0.167. The van der Waals surface area contributed by atoms with Crippen molar-refractivity contribution in [3.8, 4) is 5.69 Å². The molecule has 2 atom stereocenters. The lowest BCUT2D eigenvalue weighted by Crippen LogP contribution is -2.29. The molecular formula is C30H27N5S. The summed E-state index contributed by atoms with van der Waals surface area (Å²) < 4.78 is 2.37. The van der Waals surface area contributed by atoms with Gasteiger partial charge < -0.3 is 14.8 Å². The molecule has 3 aromatic heterocycles. The van der Waals surface area contributed by atoms with Crippen molar-refractivity contribution in [3.05, 3.63) is 126 Å². The zero-order valence-corrected chi connectivity index (χ0v) is 21.1. The van der Waals surface area contributed by atoms with Crippen molar-refractivity contribution in [2.24, 2.45) is 0 Å². The number of hydrogen-bond acceptors (Lipinski definition) is 3. The number of nitrogens with one attached hydrogen (secondary N) is 1. The fourth-order valence-corrected chi connectivity index (χ4v) is 5.77. The van der Waals surface area contributed by atoms with Gasteiger partial charge in [-0.2, -0.15) is 0 Å². The summed E-state index contributed by atoms with van der Waals surface area (Å²) in [6.45, 7) is 5.06. The maximum absolute atomic E-state index is 5.89. The minimum Gasteiger partial charge on any atom is -0.352 e. The Kier molecular flexibility index (Phi) is 5.74. The molecule has 0 bridgehead atoms. The van der Waals surface area contributed by atoms with Gasteiger partial charge in [0.1, 0.15) is 0 Å². The van der Waals surface area contributed by atoms with Gasteiger partial charge in [0.05, 0.1) is 23.5 Å². The molecule has 2 aromatic carbocycles. The zero-order valence-electron chi connectivity index (χ0n) is 20.3. The van der Waals surface area contributed by atoms with Crippen molar-refractivity contribution >= 4 is 28.1 Å². The van der Waals surface area contributed by atoms with E-state index in [0.29, 0.717) is 6.54 Å². The van der Waals surface area contributed by atoms with Crippen molar-refractivity contribution in [2.75, 3.05) is 0 Å². The van der Waals surface area contributed by atoms with Crippen molar-refractivity contribution in [3.63, 3.8) is 0 Å². The number of aromatic nitrogens is 3. The maximum Gasteiger partial charge on any atom is 0.170 e. The highest BCUT2D eigenvalue weighted by Crippen LogP contribution is 2.42. The van der Waals surface area contributed by atoms with Crippen LogP contribution in [0.2, 0.25) is 0 Å². The van der Waals surface area contributed by atoms with Crippen LogP contribution in [-0.4, -0.2) is 24.5 Å². The second-order valence-electron chi connectivity index (χ2n) is 9.28. The van der Waals surface area contributed by atoms with E-state index in [1.54, 1.807) is 6.20 Å². The monoisotopic (exact) mass is 489 g/mol. The summed E-state index contributed by atoms with van der Waals surface area (Å²) >= 11 is 5.89. The first-order valence-electron chi connectivity index (χ1n) is 12.2. The zero-order chi connectivity index (χ0) is 24.6. The van der Waals surface area contributed by atoms with E-state index in [9.17, 15) is 0 Å². The van der Waals surface area contributed by atoms with Crippen molar-refractivity contribution < 1.29 is 0 Å². The molecule has 1 N–H and O–H groups in total. The molecule has 1 aliphatic rings. The van der Waals surface area contributed by atoms with Gasteiger partial charge in [0.2, 0.25) is 0 Å². The van der Waals surface area contributed by atoms with Crippen LogP contribution in [0.5, 0.6) is 0 Å². The molecule has 178 valence electrons. The average molecular weight is 490 g/mol. The Hall–Kier alpha value is -4.03. The van der Waals surface area contributed by atoms with Gasteiger partial charge in [-0.25, -0.2) is 0 Å². The minimum atomic E-state index is -0.0585. The second-order valence-corrected chi connectivity index (χ2v) is 9.66. The SMILES string of the molecule is Cc1cc([C@@H]2[C@H](c3ccccn3)NC(=S)N2Cc2cccnc2)c(C)n1-c1cccc2ccccc12. The number of fused-ring (bicyclic) bond motifs is 1. The number of benzene rings is 2. The summed E-state index contributed by atoms with van der Waals surface area (Å²) in [6, 6.07) is 27.4. The first kappa shape index (κ1) is 22.4. The van der Waals surface area contributed by atoms with E-state index in [4.69, 9.17) is 17.2 Å². The average Bonchev–Trinajstić information content (AvgIpc) is 3.39. The van der Waals surface area contributed by atoms with Crippen LogP contribution in [0.1, 0.15) is 40.3 Å². The molecule has 5 nitrogen and oxygen atoms in total. The van der Waals surface area contributed by atoms with Crippen LogP contribution in [0, 0.1) is 13.8 Å². The molecule has 0 amide bonds. The second kappa shape index (κ2) is 9.21. The largest absolute Gasteiger partial charge is 0.352 e. The van der Waals surface area contributed by atoms with Gasteiger partial charge >= 0.3 is 0 Å². The van der Waals surface area contributed by atoms with Gasteiger partial charge in [0.25, 0.3) is 0 Å². The minimum absolute atomic E-state index is 0.0115. The summed E-state index contributed by atoms with van der Waals surface area (Å²) in [5.74, 6) is 0. The third-order valence-corrected chi connectivity index (χ3v) is 7.42. The molecule has 36 heavy (non-hydrogen) atoms. The number of pyridine rings is 2. The molecule has 5 aromatic rings. The van der Waals surface area contributed by atoms with E-state index in [1.165, 1.54) is 33.4 Å². The van der Waals surface area contributed by atoms with Crippen molar-refractivity contribution in [1.82, 2.24) is 24.8 Å². The standard InChI is InChI=1S/C30H27N5S/c1-20-17-25(21(2)35(20)27-14-7-11-23-10-3-4-12-24(23)27)29-28(26-13-5-6-16-32-26)33-30(36)34(29)19-22-9-8-15-31-18-22/h3-18,28-29H,19H2,1-2H3,(H,33,36)/t28-,29+/m0/s1. The normalized spacial score (nSPS) is 17.5. The van der Waals surface area contributed by atoms with Crippen molar-refractivity contribution in [1.29, 1.82) is 0 Å². The quantitative estimate of drug-likeness (QED) is 0.297. The van der Waals surface area contributed by atoms with Gasteiger partial charge in [0.15, 0.2) is 5.11 Å². The Bertz CT molecular complexity index is 1540. The first-order valence-corrected chi connectivity index (χ1v) is 12.6. The molecule has 1 fully saturated rings. The molecule has 0 saturated carbocycles. The predicted molar refractivity (Wildman–Crippen MR) is 148 cm³/mol. The molecule has 4 heterocycles. The van der Waals surface area contributed by atoms with Crippen molar-refractivity contribution in [2.45, 2.75) is 32.5 Å². The van der Waals surface area contributed by atoms with Crippen LogP contribution in [0.4, 0.5) is 0 Å². The lowest BCUT2D eigenvalue weighted by molar-refractivity contribution is 0.310. The van der Waals surface area contributed by atoms with E-state index in [2.05, 4.69) is 94.3 Å². The van der Waals surface area contributed by atoms with Gasteiger partial charge in [-0.3, -0.25) is 9.97 Å². The molecular weight excluding hydrogens is 462 g/mol. The van der Waals surface area contributed by atoms with Crippen LogP contribution >= 0.6 is 12.2 Å². The van der Waals surface area contributed by atoms with E-state index in [1.807, 2.05) is 30.6 Å². The number of thiocarbonyl (C=S) groups is 1. The van der Waals surface area contributed by atoms with Gasteiger partial charge in [-0.1, -0.05) is 48.5 Å². The number of aryl methyl sites for hydroxylation is 1. The Morgan fingerprint density at radius 3 is 2.56 bits per heavy atom. The highest BCUT2D eigenvalue weighted by atomic mass is 32.1. The Morgan fingerprint density at radius 2 is 1.75 bits per heavy atom. The summed E-state index contributed by atoms with van der Waals surface area (Å²) in [7, 11) is 0. The van der Waals surface area contributed by atoms with Crippen LogP contribution in [-0.2, 0) is 6.54 Å². The topological polar surface area (TPSA) is 46.0 Å². The van der Waals surface area contributed by atoms with Gasteiger partial charge in [-0.15, -0.1) is 0 Å². The number of rotatable bonds is 5. The predicted octanol–water partition coefficient (Wildman–Crippen LogP) is 6.21. The Morgan fingerprint density at radius 1 is 0.917 bits per heavy atom. The summed E-state index contributed by atoms with van der Waals surface area (Å²) in [5, 5.41) is 6.78. The molecule has 0 radical (unpaired) electrons. The smallest absolute Gasteiger partial charge is 0.170 e. The molecule has 1 aliphatic heterocycles. The summed E-state index contributed by atoms with van der Waals surface area (Å²) in [6.07, 6.45) is 5.56. The van der Waals surface area contributed by atoms with E-state index < -0.39 is 0 Å². The van der Waals surface area contributed by atoms with Crippen LogP contribution in [0.25, 0.3) is 16.5 Å². The molecule has 6 heteroatoms. The maximum atomic E-state index is 5.89. The lowest BCUT2D eigenvalue weighted by atomic mass is 9.96. The molecule has 1 saturated heterocycles. The summed E-state index contributed by atoms with van der Waals surface area (Å²) in [4.78, 5) is 11.3.